The van der Waals surface area contributed by atoms with Gasteiger partial charge < -0.3 is 10.6 Å². The third-order valence-corrected chi connectivity index (χ3v) is 3.72. The molecule has 0 saturated heterocycles. The van der Waals surface area contributed by atoms with Crippen molar-refractivity contribution in [1.29, 1.82) is 0 Å². The molecular formula is C15H21ClN2O. The smallest absolute Gasteiger partial charge is 0.253 e. The minimum absolute atomic E-state index is 0.0204. The maximum Gasteiger partial charge on any atom is 0.253 e. The Hall–Kier alpha value is -1.22. The fourth-order valence-electron chi connectivity index (χ4n) is 2.45. The summed E-state index contributed by atoms with van der Waals surface area (Å²) >= 11 is 6.00. The molecule has 0 aromatic heterocycles. The lowest BCUT2D eigenvalue weighted by Crippen LogP contribution is -2.33. The summed E-state index contributed by atoms with van der Waals surface area (Å²) in [5, 5.41) is 6.97. The van der Waals surface area contributed by atoms with E-state index in [-0.39, 0.29) is 5.91 Å². The van der Waals surface area contributed by atoms with E-state index in [1.807, 2.05) is 12.1 Å². The van der Waals surface area contributed by atoms with Crippen LogP contribution in [0.5, 0.6) is 0 Å². The van der Waals surface area contributed by atoms with Gasteiger partial charge in [-0.1, -0.05) is 31.4 Å². The molecule has 0 radical (unpaired) electrons. The zero-order valence-electron chi connectivity index (χ0n) is 11.3. The lowest BCUT2D eigenvalue weighted by atomic mass is 10.1. The molecule has 1 amide bonds. The predicted octanol–water partition coefficient (Wildman–Crippen LogP) is 3.83. The monoisotopic (exact) mass is 280 g/mol. The number of benzene rings is 1. The number of halogens is 1. The Kier molecular flexibility index (Phi) is 5.08. The van der Waals surface area contributed by atoms with Crippen molar-refractivity contribution in [3.8, 4) is 0 Å². The molecule has 1 aromatic carbocycles. The van der Waals surface area contributed by atoms with E-state index in [0.29, 0.717) is 16.6 Å². The van der Waals surface area contributed by atoms with Gasteiger partial charge in [-0.05, 0) is 37.5 Å². The van der Waals surface area contributed by atoms with E-state index in [0.717, 1.165) is 31.5 Å². The Bertz CT molecular complexity index is 442. The van der Waals surface area contributed by atoms with E-state index in [9.17, 15) is 4.79 Å². The molecule has 1 saturated carbocycles. The van der Waals surface area contributed by atoms with Gasteiger partial charge in [0.05, 0.1) is 5.56 Å². The minimum Gasteiger partial charge on any atom is -0.384 e. The number of anilines is 1. The van der Waals surface area contributed by atoms with Crippen LogP contribution in [0.25, 0.3) is 0 Å². The van der Waals surface area contributed by atoms with Crippen LogP contribution in [0.3, 0.4) is 0 Å². The van der Waals surface area contributed by atoms with Crippen molar-refractivity contribution in [2.75, 3.05) is 11.9 Å². The molecule has 0 bridgehead atoms. The van der Waals surface area contributed by atoms with Crippen molar-refractivity contribution < 1.29 is 4.79 Å². The lowest BCUT2D eigenvalue weighted by molar-refractivity contribution is 0.0938. The van der Waals surface area contributed by atoms with E-state index in [4.69, 9.17) is 11.6 Å². The van der Waals surface area contributed by atoms with Crippen LogP contribution in [0.1, 0.15) is 49.4 Å². The average Bonchev–Trinajstić information content (AvgIpc) is 2.90. The number of rotatable bonds is 5. The van der Waals surface area contributed by atoms with Gasteiger partial charge in [0, 0.05) is 23.3 Å². The van der Waals surface area contributed by atoms with Gasteiger partial charge in [-0.2, -0.15) is 0 Å². The van der Waals surface area contributed by atoms with Crippen molar-refractivity contribution in [3.63, 3.8) is 0 Å². The summed E-state index contributed by atoms with van der Waals surface area (Å²) in [6.45, 7) is 2.95. The number of hydrogen-bond acceptors (Lipinski definition) is 2. The molecule has 0 spiro atoms. The van der Waals surface area contributed by atoms with Gasteiger partial charge in [0.1, 0.15) is 0 Å². The van der Waals surface area contributed by atoms with Crippen LogP contribution in [0.15, 0.2) is 18.2 Å². The van der Waals surface area contributed by atoms with Crippen LogP contribution in [0.2, 0.25) is 5.02 Å². The quantitative estimate of drug-likeness (QED) is 0.860. The van der Waals surface area contributed by atoms with E-state index >= 15 is 0 Å². The van der Waals surface area contributed by atoms with Crippen molar-refractivity contribution in [2.24, 2.45) is 0 Å². The molecule has 3 nitrogen and oxygen atoms in total. The number of hydrogen-bond donors (Lipinski definition) is 2. The first-order chi connectivity index (χ1) is 9.20. The number of carbonyl (C=O) groups is 1. The van der Waals surface area contributed by atoms with Crippen LogP contribution >= 0.6 is 11.6 Å². The summed E-state index contributed by atoms with van der Waals surface area (Å²) in [6.07, 6.45) is 5.61. The molecule has 1 aromatic rings. The normalized spacial score (nSPS) is 15.5. The van der Waals surface area contributed by atoms with Crippen LogP contribution < -0.4 is 10.6 Å². The molecule has 1 aliphatic carbocycles. The first-order valence-electron chi connectivity index (χ1n) is 7.05. The van der Waals surface area contributed by atoms with Gasteiger partial charge in [-0.15, -0.1) is 0 Å². The molecule has 0 aliphatic heterocycles. The van der Waals surface area contributed by atoms with Crippen molar-refractivity contribution >= 4 is 23.2 Å². The average molecular weight is 281 g/mol. The Morgan fingerprint density at radius 3 is 2.79 bits per heavy atom. The zero-order chi connectivity index (χ0) is 13.7. The second kappa shape index (κ2) is 6.80. The summed E-state index contributed by atoms with van der Waals surface area (Å²) < 4.78 is 0. The minimum atomic E-state index is -0.0204. The van der Waals surface area contributed by atoms with Crippen LogP contribution in [0, 0.1) is 0 Å². The highest BCUT2D eigenvalue weighted by Crippen LogP contribution is 2.23. The second-order valence-corrected chi connectivity index (χ2v) is 5.51. The highest BCUT2D eigenvalue weighted by Gasteiger charge is 2.19. The molecular weight excluding hydrogens is 260 g/mol. The fraction of sp³-hybridized carbons (Fsp3) is 0.533. The van der Waals surface area contributed by atoms with E-state index in [2.05, 4.69) is 17.6 Å². The number of nitrogens with one attached hydrogen (secondary N) is 2. The standard InChI is InChI=1S/C15H21ClN2O/c1-2-9-17-14-8-7-11(16)10-13(14)15(19)18-12-5-3-4-6-12/h7-8,10,12,17H,2-6,9H2,1H3,(H,18,19). The number of amides is 1. The Morgan fingerprint density at radius 2 is 2.11 bits per heavy atom. The highest BCUT2D eigenvalue weighted by atomic mass is 35.5. The third-order valence-electron chi connectivity index (χ3n) is 3.48. The van der Waals surface area contributed by atoms with Crippen molar-refractivity contribution in [3.05, 3.63) is 28.8 Å². The molecule has 104 valence electrons. The molecule has 1 fully saturated rings. The Balaban J connectivity index is 2.11. The topological polar surface area (TPSA) is 41.1 Å². The second-order valence-electron chi connectivity index (χ2n) is 5.07. The van der Waals surface area contributed by atoms with Crippen molar-refractivity contribution in [2.45, 2.75) is 45.1 Å². The van der Waals surface area contributed by atoms with Gasteiger partial charge in [0.2, 0.25) is 0 Å². The summed E-state index contributed by atoms with van der Waals surface area (Å²) in [7, 11) is 0. The van der Waals surface area contributed by atoms with Crippen LogP contribution in [-0.2, 0) is 0 Å². The summed E-state index contributed by atoms with van der Waals surface area (Å²) in [4.78, 5) is 12.3. The molecule has 0 heterocycles. The summed E-state index contributed by atoms with van der Waals surface area (Å²) in [6, 6.07) is 5.75. The van der Waals surface area contributed by atoms with Gasteiger partial charge in [-0.3, -0.25) is 4.79 Å². The maximum atomic E-state index is 12.3. The SMILES string of the molecule is CCCNc1ccc(Cl)cc1C(=O)NC1CCCC1. The molecule has 1 aliphatic rings. The lowest BCUT2D eigenvalue weighted by Gasteiger charge is -2.15. The fourth-order valence-corrected chi connectivity index (χ4v) is 2.62. The van der Waals surface area contributed by atoms with Crippen molar-refractivity contribution in [1.82, 2.24) is 5.32 Å². The third kappa shape index (κ3) is 3.87. The predicted molar refractivity (Wildman–Crippen MR) is 80.0 cm³/mol. The summed E-state index contributed by atoms with van der Waals surface area (Å²) in [5.74, 6) is -0.0204. The Labute approximate surface area is 119 Å². The first-order valence-corrected chi connectivity index (χ1v) is 7.42. The molecule has 0 atom stereocenters. The van der Waals surface area contributed by atoms with E-state index in [1.54, 1.807) is 6.07 Å². The zero-order valence-corrected chi connectivity index (χ0v) is 12.1. The van der Waals surface area contributed by atoms with E-state index in [1.165, 1.54) is 12.8 Å². The molecule has 19 heavy (non-hydrogen) atoms. The largest absolute Gasteiger partial charge is 0.384 e. The molecule has 4 heteroatoms. The summed E-state index contributed by atoms with van der Waals surface area (Å²) in [5.41, 5.74) is 1.51. The van der Waals surface area contributed by atoms with E-state index < -0.39 is 0 Å². The van der Waals surface area contributed by atoms with Gasteiger partial charge in [0.15, 0.2) is 0 Å². The molecule has 2 N–H and O–H groups in total. The van der Waals surface area contributed by atoms with Gasteiger partial charge in [0.25, 0.3) is 5.91 Å². The molecule has 2 rings (SSSR count). The molecule has 0 unspecified atom stereocenters. The Morgan fingerprint density at radius 1 is 1.37 bits per heavy atom. The highest BCUT2D eigenvalue weighted by molar-refractivity contribution is 6.31. The first kappa shape index (κ1) is 14.2. The van der Waals surface area contributed by atoms with Gasteiger partial charge >= 0.3 is 0 Å². The number of carbonyl (C=O) groups excluding carboxylic acids is 1. The van der Waals surface area contributed by atoms with Gasteiger partial charge in [-0.25, -0.2) is 0 Å². The van der Waals surface area contributed by atoms with Crippen LogP contribution in [-0.4, -0.2) is 18.5 Å². The van der Waals surface area contributed by atoms with Crippen LogP contribution in [0.4, 0.5) is 5.69 Å². The maximum absolute atomic E-state index is 12.3.